The van der Waals surface area contributed by atoms with Gasteiger partial charge >= 0.3 is 0 Å². The molecule has 0 aromatic heterocycles. The van der Waals surface area contributed by atoms with E-state index in [1.54, 1.807) is 0 Å². The predicted octanol–water partition coefficient (Wildman–Crippen LogP) is 2.83. The number of benzene rings is 2. The number of anilines is 1. The molecule has 3 rings (SSSR count). The topological polar surface area (TPSA) is 67.5 Å². The van der Waals surface area contributed by atoms with Crippen molar-refractivity contribution in [3.63, 3.8) is 0 Å². The van der Waals surface area contributed by atoms with Gasteiger partial charge in [0.05, 0.1) is 11.4 Å². The van der Waals surface area contributed by atoms with Gasteiger partial charge in [-0.2, -0.15) is 0 Å². The van der Waals surface area contributed by atoms with Crippen LogP contribution in [0.4, 0.5) is 5.69 Å². The maximum Gasteiger partial charge on any atom is 0.249 e. The molecule has 1 amide bonds. The monoisotopic (exact) mass is 307 g/mol. The van der Waals surface area contributed by atoms with Gasteiger partial charge < -0.3 is 11.1 Å². The first-order chi connectivity index (χ1) is 11.0. The number of nitrogens with one attached hydrogen (secondary N) is 1. The number of nitrogens with zero attached hydrogens (tertiary/aromatic N) is 1. The van der Waals surface area contributed by atoms with Crippen molar-refractivity contribution in [2.45, 2.75) is 19.9 Å². The lowest BCUT2D eigenvalue weighted by Gasteiger charge is -2.28. The van der Waals surface area contributed by atoms with Crippen LogP contribution in [0.25, 0.3) is 0 Å². The summed E-state index contributed by atoms with van der Waals surface area (Å²) in [7, 11) is 0. The molecule has 0 radical (unpaired) electrons. The number of para-hydroxylation sites is 1. The number of nitrogens with two attached hydrogens (primary N) is 1. The molecule has 1 unspecified atom stereocenters. The average Bonchev–Trinajstić information content (AvgIpc) is 2.72. The van der Waals surface area contributed by atoms with E-state index in [1.165, 1.54) is 0 Å². The average molecular weight is 307 g/mol. The van der Waals surface area contributed by atoms with E-state index in [2.05, 4.69) is 5.32 Å². The zero-order valence-electron chi connectivity index (χ0n) is 13.4. The third-order valence-corrected chi connectivity index (χ3v) is 4.26. The molecule has 0 spiro atoms. The summed E-state index contributed by atoms with van der Waals surface area (Å²) in [5, 5.41) is 3.00. The molecule has 4 nitrogen and oxygen atoms in total. The number of carbonyl (C=O) groups excluding carboxylic acids is 1. The second-order valence-corrected chi connectivity index (χ2v) is 6.47. The molecule has 0 saturated heterocycles. The Kier molecular flexibility index (Phi) is 4.01. The quantitative estimate of drug-likeness (QED) is 0.915. The Morgan fingerprint density at radius 1 is 1.09 bits per heavy atom. The van der Waals surface area contributed by atoms with Crippen molar-refractivity contribution >= 4 is 17.3 Å². The zero-order chi connectivity index (χ0) is 16.4. The van der Waals surface area contributed by atoms with Crippen LogP contribution in [0.3, 0.4) is 0 Å². The van der Waals surface area contributed by atoms with Crippen molar-refractivity contribution in [1.29, 1.82) is 0 Å². The molecule has 0 fully saturated rings. The van der Waals surface area contributed by atoms with Crippen LogP contribution in [0.2, 0.25) is 0 Å². The fraction of sp³-hybridized carbons (Fsp3) is 0.263. The minimum Gasteiger partial charge on any atom is -0.330 e. The van der Waals surface area contributed by atoms with Crippen molar-refractivity contribution in [3.05, 3.63) is 65.7 Å². The normalized spacial score (nSPS) is 17.8. The minimum absolute atomic E-state index is 0.112. The number of fused-ring (bicyclic) bond motifs is 1. The van der Waals surface area contributed by atoms with Crippen LogP contribution < -0.4 is 11.1 Å². The summed E-state index contributed by atoms with van der Waals surface area (Å²) in [6.45, 7) is 4.33. The van der Waals surface area contributed by atoms with Gasteiger partial charge in [-0.25, -0.2) is 0 Å². The highest BCUT2D eigenvalue weighted by Crippen LogP contribution is 2.30. The van der Waals surface area contributed by atoms with Gasteiger partial charge in [0, 0.05) is 16.5 Å². The molecule has 0 saturated carbocycles. The van der Waals surface area contributed by atoms with E-state index in [0.717, 1.165) is 22.5 Å². The SMILES string of the molecule is CC(C)(CN)C1N=C(c2ccccc2)c2ccccc2NC1=O. The first kappa shape index (κ1) is 15.4. The lowest BCUT2D eigenvalue weighted by atomic mass is 9.84. The summed E-state index contributed by atoms with van der Waals surface area (Å²) in [6, 6.07) is 17.2. The molecule has 4 heteroatoms. The van der Waals surface area contributed by atoms with Crippen molar-refractivity contribution in [1.82, 2.24) is 0 Å². The van der Waals surface area contributed by atoms with Crippen LogP contribution in [-0.2, 0) is 4.79 Å². The predicted molar refractivity (Wildman–Crippen MR) is 93.8 cm³/mol. The van der Waals surface area contributed by atoms with Crippen LogP contribution >= 0.6 is 0 Å². The van der Waals surface area contributed by atoms with E-state index in [-0.39, 0.29) is 5.91 Å². The molecule has 1 aliphatic rings. The molecule has 23 heavy (non-hydrogen) atoms. The standard InChI is InChI=1S/C19H21N3O/c1-19(2,12-20)17-18(23)21-15-11-7-6-10-14(15)16(22-17)13-8-4-3-5-9-13/h3-11,17H,12,20H2,1-2H3,(H,21,23). The minimum atomic E-state index is -0.532. The van der Waals surface area contributed by atoms with Crippen LogP contribution in [-0.4, -0.2) is 24.2 Å². The Hall–Kier alpha value is -2.46. The smallest absolute Gasteiger partial charge is 0.249 e. The summed E-state index contributed by atoms with van der Waals surface area (Å²) < 4.78 is 0. The van der Waals surface area contributed by atoms with Crippen molar-refractivity contribution in [2.24, 2.45) is 16.1 Å². The van der Waals surface area contributed by atoms with E-state index >= 15 is 0 Å². The Morgan fingerprint density at radius 2 is 1.74 bits per heavy atom. The Bertz CT molecular complexity index is 750. The van der Waals surface area contributed by atoms with Crippen molar-refractivity contribution < 1.29 is 4.79 Å². The summed E-state index contributed by atoms with van der Waals surface area (Å²) in [5.41, 5.74) is 9.01. The highest BCUT2D eigenvalue weighted by Gasteiger charge is 2.36. The number of carbonyl (C=O) groups is 1. The van der Waals surface area contributed by atoms with Crippen LogP contribution in [0.1, 0.15) is 25.0 Å². The third-order valence-electron chi connectivity index (χ3n) is 4.26. The summed E-state index contributed by atoms with van der Waals surface area (Å²) in [5.74, 6) is -0.112. The maximum atomic E-state index is 12.7. The van der Waals surface area contributed by atoms with E-state index in [4.69, 9.17) is 10.7 Å². The molecule has 2 aromatic carbocycles. The van der Waals surface area contributed by atoms with Crippen LogP contribution in [0.15, 0.2) is 59.6 Å². The largest absolute Gasteiger partial charge is 0.330 e. The van der Waals surface area contributed by atoms with Gasteiger partial charge in [0.1, 0.15) is 6.04 Å². The second-order valence-electron chi connectivity index (χ2n) is 6.47. The first-order valence-corrected chi connectivity index (χ1v) is 7.76. The van der Waals surface area contributed by atoms with Crippen molar-refractivity contribution in [3.8, 4) is 0 Å². The first-order valence-electron chi connectivity index (χ1n) is 7.76. The van der Waals surface area contributed by atoms with Gasteiger partial charge in [-0.1, -0.05) is 62.4 Å². The number of rotatable bonds is 3. The van der Waals surface area contributed by atoms with E-state index in [0.29, 0.717) is 6.54 Å². The molecule has 0 aliphatic carbocycles. The fourth-order valence-corrected chi connectivity index (χ4v) is 2.72. The van der Waals surface area contributed by atoms with Gasteiger partial charge in [-0.05, 0) is 12.6 Å². The summed E-state index contributed by atoms with van der Waals surface area (Å²) in [6.07, 6.45) is 0. The Labute approximate surface area is 136 Å². The van der Waals surface area contributed by atoms with Crippen molar-refractivity contribution in [2.75, 3.05) is 11.9 Å². The third kappa shape index (κ3) is 2.90. The molecule has 118 valence electrons. The highest BCUT2D eigenvalue weighted by molar-refractivity contribution is 6.19. The van der Waals surface area contributed by atoms with E-state index < -0.39 is 11.5 Å². The molecular weight excluding hydrogens is 286 g/mol. The van der Waals surface area contributed by atoms with Crippen LogP contribution in [0, 0.1) is 5.41 Å². The molecule has 1 atom stereocenters. The zero-order valence-corrected chi connectivity index (χ0v) is 13.4. The molecule has 1 heterocycles. The number of aliphatic imine (C=N–C) groups is 1. The lowest BCUT2D eigenvalue weighted by Crippen LogP contribution is -2.43. The summed E-state index contributed by atoms with van der Waals surface area (Å²) >= 11 is 0. The molecule has 3 N–H and O–H groups in total. The van der Waals surface area contributed by atoms with Gasteiger partial charge in [-0.3, -0.25) is 9.79 Å². The van der Waals surface area contributed by atoms with Gasteiger partial charge in [-0.15, -0.1) is 0 Å². The van der Waals surface area contributed by atoms with Crippen LogP contribution in [0.5, 0.6) is 0 Å². The fourth-order valence-electron chi connectivity index (χ4n) is 2.72. The summed E-state index contributed by atoms with van der Waals surface area (Å²) in [4.78, 5) is 17.5. The molecular formula is C19H21N3O. The lowest BCUT2D eigenvalue weighted by molar-refractivity contribution is -0.119. The Balaban J connectivity index is 2.21. The molecule has 2 aromatic rings. The number of amides is 1. The number of hydrogen-bond donors (Lipinski definition) is 2. The van der Waals surface area contributed by atoms with Gasteiger partial charge in [0.15, 0.2) is 0 Å². The number of hydrogen-bond acceptors (Lipinski definition) is 3. The highest BCUT2D eigenvalue weighted by atomic mass is 16.2. The maximum absolute atomic E-state index is 12.7. The van der Waals surface area contributed by atoms with E-state index in [9.17, 15) is 4.79 Å². The second kappa shape index (κ2) is 5.97. The molecule has 1 aliphatic heterocycles. The Morgan fingerprint density at radius 3 is 2.43 bits per heavy atom. The van der Waals surface area contributed by atoms with Gasteiger partial charge in [0.25, 0.3) is 0 Å². The van der Waals surface area contributed by atoms with Gasteiger partial charge in [0.2, 0.25) is 5.91 Å². The van der Waals surface area contributed by atoms with E-state index in [1.807, 2.05) is 68.4 Å². The number of benzodiazepines with no additional fused rings is 1. The molecule has 0 bridgehead atoms.